The van der Waals surface area contributed by atoms with Crippen LogP contribution in [0.1, 0.15) is 48.0 Å². The molecule has 2 N–H and O–H groups in total. The van der Waals surface area contributed by atoms with E-state index in [1.165, 1.54) is 0 Å². The number of ether oxygens (including phenoxy) is 7. The Hall–Kier alpha value is -0.850. The average Bonchev–Trinajstić information content (AvgIpc) is 3.23. The molecule has 10 heteroatoms. The molecule has 0 radical (unpaired) electrons. The van der Waals surface area contributed by atoms with Crippen molar-refractivity contribution >= 4 is 5.97 Å². The van der Waals surface area contributed by atoms with Crippen LogP contribution in [0, 0.1) is 5.92 Å². The number of hydrogen-bond acceptors (Lipinski definition) is 10. The number of esters is 1. The summed E-state index contributed by atoms with van der Waals surface area (Å²) in [5, 5.41) is 20.9. The van der Waals surface area contributed by atoms with Gasteiger partial charge in [0.05, 0.1) is 30.8 Å². The third-order valence-electron chi connectivity index (χ3n) is 5.79. The van der Waals surface area contributed by atoms with Gasteiger partial charge in [0, 0.05) is 0 Å². The SMILES string of the molecule is CC(C)OC(=O)[C@]1(O)O[C@@H](CO)C[C@@H]1[C@H]1O[C@@H]2OC(C)(C)O[C@@H]2[C@H]2OC(C)(C)O[C@H]21. The number of aliphatic hydroxyl groups excluding tert-OH is 1. The molecule has 4 heterocycles. The topological polar surface area (TPSA) is 122 Å². The molecule has 0 aromatic carbocycles. The smallest absolute Gasteiger partial charge is 0.367 e. The average molecular weight is 432 g/mol. The van der Waals surface area contributed by atoms with Gasteiger partial charge < -0.3 is 43.4 Å². The normalized spacial score (nSPS) is 46.6. The minimum atomic E-state index is -2.30. The summed E-state index contributed by atoms with van der Waals surface area (Å²) < 4.78 is 41.1. The molecule has 4 aliphatic heterocycles. The lowest BCUT2D eigenvalue weighted by atomic mass is 9.83. The van der Waals surface area contributed by atoms with Crippen molar-refractivity contribution in [2.45, 2.75) is 108 Å². The maximum atomic E-state index is 12.8. The molecule has 172 valence electrons. The van der Waals surface area contributed by atoms with Crippen molar-refractivity contribution in [1.29, 1.82) is 0 Å². The molecule has 10 nitrogen and oxygen atoms in total. The van der Waals surface area contributed by atoms with Crippen LogP contribution in [0.4, 0.5) is 0 Å². The van der Waals surface area contributed by atoms with Gasteiger partial charge in [0.25, 0.3) is 5.79 Å². The van der Waals surface area contributed by atoms with Gasteiger partial charge in [-0.2, -0.15) is 0 Å². The van der Waals surface area contributed by atoms with E-state index in [1.807, 2.05) is 0 Å². The van der Waals surface area contributed by atoms with Gasteiger partial charge in [0.1, 0.15) is 18.3 Å². The second-order valence-electron chi connectivity index (χ2n) is 9.55. The van der Waals surface area contributed by atoms with Gasteiger partial charge in [-0.15, -0.1) is 0 Å². The highest BCUT2D eigenvalue weighted by Gasteiger charge is 2.67. The number of hydrogen-bond donors (Lipinski definition) is 2. The predicted molar refractivity (Wildman–Crippen MR) is 98.8 cm³/mol. The van der Waals surface area contributed by atoms with Crippen molar-refractivity contribution in [3.63, 3.8) is 0 Å². The van der Waals surface area contributed by atoms with Crippen LogP contribution in [0.2, 0.25) is 0 Å². The van der Waals surface area contributed by atoms with Crippen LogP contribution < -0.4 is 0 Å². The molecule has 0 aromatic heterocycles. The second kappa shape index (κ2) is 7.35. The highest BCUT2D eigenvalue weighted by Crippen LogP contribution is 2.49. The van der Waals surface area contributed by atoms with E-state index in [-0.39, 0.29) is 13.0 Å². The van der Waals surface area contributed by atoms with E-state index in [9.17, 15) is 15.0 Å². The second-order valence-corrected chi connectivity index (χ2v) is 9.55. The van der Waals surface area contributed by atoms with Crippen LogP contribution >= 0.6 is 0 Å². The predicted octanol–water partition coefficient (Wildman–Crippen LogP) is 0.421. The molecule has 0 unspecified atom stereocenters. The van der Waals surface area contributed by atoms with Crippen LogP contribution in [-0.2, 0) is 38.0 Å². The summed E-state index contributed by atoms with van der Waals surface area (Å²) in [6.45, 7) is 10.1. The van der Waals surface area contributed by atoms with Gasteiger partial charge in [0.2, 0.25) is 0 Å². The van der Waals surface area contributed by atoms with Crippen LogP contribution in [-0.4, -0.2) is 83.1 Å². The van der Waals surface area contributed by atoms with Crippen molar-refractivity contribution in [3.05, 3.63) is 0 Å². The van der Waals surface area contributed by atoms with E-state index in [0.29, 0.717) is 0 Å². The van der Waals surface area contributed by atoms with Crippen LogP contribution in [0.15, 0.2) is 0 Å². The molecular formula is C20H32O10. The first-order chi connectivity index (χ1) is 13.8. The third kappa shape index (κ3) is 3.77. The number of aliphatic hydroxyl groups is 2. The molecule has 4 aliphatic rings. The van der Waals surface area contributed by atoms with E-state index in [2.05, 4.69) is 0 Å². The number of rotatable bonds is 4. The lowest BCUT2D eigenvalue weighted by molar-refractivity contribution is -0.283. The molecule has 0 bridgehead atoms. The Morgan fingerprint density at radius 2 is 1.53 bits per heavy atom. The first-order valence-electron chi connectivity index (χ1n) is 10.4. The van der Waals surface area contributed by atoms with E-state index in [0.717, 1.165) is 0 Å². The van der Waals surface area contributed by atoms with Crippen molar-refractivity contribution in [2.24, 2.45) is 5.92 Å². The summed E-state index contributed by atoms with van der Waals surface area (Å²) in [4.78, 5) is 12.8. The zero-order valence-electron chi connectivity index (χ0n) is 18.2. The Labute approximate surface area is 175 Å². The van der Waals surface area contributed by atoms with Crippen LogP contribution in [0.3, 0.4) is 0 Å². The number of fused-ring (bicyclic) bond motifs is 3. The minimum absolute atomic E-state index is 0.166. The molecule has 0 amide bonds. The number of carbonyl (C=O) groups is 1. The highest BCUT2D eigenvalue weighted by molar-refractivity contribution is 5.78. The molecule has 4 rings (SSSR count). The van der Waals surface area contributed by atoms with E-state index >= 15 is 0 Å². The molecule has 30 heavy (non-hydrogen) atoms. The highest BCUT2D eigenvalue weighted by atomic mass is 16.9. The van der Waals surface area contributed by atoms with Crippen molar-refractivity contribution in [3.8, 4) is 0 Å². The van der Waals surface area contributed by atoms with Gasteiger partial charge in [0.15, 0.2) is 17.9 Å². The molecule has 0 spiro atoms. The summed E-state index contributed by atoms with van der Waals surface area (Å²) in [5.41, 5.74) is 0. The van der Waals surface area contributed by atoms with Gasteiger partial charge >= 0.3 is 5.97 Å². The summed E-state index contributed by atoms with van der Waals surface area (Å²) >= 11 is 0. The first kappa shape index (κ1) is 22.3. The Morgan fingerprint density at radius 3 is 2.13 bits per heavy atom. The molecule has 4 saturated heterocycles. The first-order valence-corrected chi connectivity index (χ1v) is 10.4. The van der Waals surface area contributed by atoms with Crippen molar-refractivity contribution < 1.29 is 48.2 Å². The van der Waals surface area contributed by atoms with E-state index < -0.39 is 72.2 Å². The van der Waals surface area contributed by atoms with Gasteiger partial charge in [-0.25, -0.2) is 4.79 Å². The summed E-state index contributed by atoms with van der Waals surface area (Å²) in [7, 11) is 0. The zero-order chi connectivity index (χ0) is 22.1. The Kier molecular flexibility index (Phi) is 5.47. The molecule has 0 saturated carbocycles. The Balaban J connectivity index is 1.67. The Morgan fingerprint density at radius 1 is 0.967 bits per heavy atom. The quantitative estimate of drug-likeness (QED) is 0.604. The van der Waals surface area contributed by atoms with Crippen LogP contribution in [0.25, 0.3) is 0 Å². The largest absolute Gasteiger partial charge is 0.459 e. The van der Waals surface area contributed by atoms with Gasteiger partial charge in [-0.05, 0) is 48.0 Å². The fourth-order valence-electron chi connectivity index (χ4n) is 4.77. The molecule has 8 atom stereocenters. The maximum absolute atomic E-state index is 12.8. The summed E-state index contributed by atoms with van der Waals surface area (Å²) in [5.74, 6) is -5.92. The monoisotopic (exact) mass is 432 g/mol. The lowest BCUT2D eigenvalue weighted by Crippen LogP contribution is -2.61. The fraction of sp³-hybridized carbons (Fsp3) is 0.950. The lowest BCUT2D eigenvalue weighted by Gasteiger charge is -2.42. The third-order valence-corrected chi connectivity index (χ3v) is 5.79. The van der Waals surface area contributed by atoms with Crippen molar-refractivity contribution in [2.75, 3.05) is 6.61 Å². The van der Waals surface area contributed by atoms with E-state index in [4.69, 9.17) is 33.2 Å². The summed E-state index contributed by atoms with van der Waals surface area (Å²) in [6, 6.07) is 0. The van der Waals surface area contributed by atoms with Crippen LogP contribution in [0.5, 0.6) is 0 Å². The minimum Gasteiger partial charge on any atom is -0.459 e. The molecular weight excluding hydrogens is 400 g/mol. The Bertz CT molecular complexity index is 678. The standard InChI is InChI=1S/C20H32O10/c1-9(2)24-17(22)20(23)11(7-10(8-21)26-20)12-13-14(28-18(3,4)27-13)15-16(25-12)30-19(5,6)29-15/h9-16,21,23H,7-8H2,1-6H3/t10-,11-,12-,13+,14+,15-,16-,20-/m1/s1. The van der Waals surface area contributed by atoms with E-state index in [1.54, 1.807) is 41.5 Å². The van der Waals surface area contributed by atoms with Gasteiger partial charge in [-0.3, -0.25) is 0 Å². The van der Waals surface area contributed by atoms with Crippen molar-refractivity contribution in [1.82, 2.24) is 0 Å². The summed E-state index contributed by atoms with van der Waals surface area (Å²) in [6.07, 6.45) is -4.37. The maximum Gasteiger partial charge on any atom is 0.367 e. The number of carbonyl (C=O) groups excluding carboxylic acids is 1. The molecule has 0 aromatic rings. The molecule has 4 fully saturated rings. The molecule has 0 aliphatic carbocycles. The van der Waals surface area contributed by atoms with Gasteiger partial charge in [-0.1, -0.05) is 0 Å². The zero-order valence-corrected chi connectivity index (χ0v) is 18.2. The fourth-order valence-corrected chi connectivity index (χ4v) is 4.77.